The van der Waals surface area contributed by atoms with Crippen LogP contribution < -0.4 is 4.74 Å². The Balaban J connectivity index is 2.55. The van der Waals surface area contributed by atoms with Crippen LogP contribution in [0.25, 0.3) is 0 Å². The van der Waals surface area contributed by atoms with E-state index < -0.39 is 5.97 Å². The van der Waals surface area contributed by atoms with Crippen LogP contribution in [-0.4, -0.2) is 17.2 Å². The number of benzene rings is 1. The average Bonchev–Trinajstić information content (AvgIpc) is 2.01. The van der Waals surface area contributed by atoms with Gasteiger partial charge in [0, 0.05) is 3.57 Å². The molecule has 0 aliphatic carbocycles. The lowest BCUT2D eigenvalue weighted by Crippen LogP contribution is -2.16. The summed E-state index contributed by atoms with van der Waals surface area (Å²) in [5, 5.41) is 8.54. The zero-order valence-corrected chi connectivity index (χ0v) is 9.89. The van der Waals surface area contributed by atoms with Crippen LogP contribution in [-0.2, 0) is 4.79 Å². The van der Waals surface area contributed by atoms with Crippen molar-refractivity contribution in [3.8, 4) is 5.75 Å². The third-order valence-electron chi connectivity index (χ3n) is 1.60. The third kappa shape index (κ3) is 3.95. The molecule has 1 N–H and O–H groups in total. The van der Waals surface area contributed by atoms with Gasteiger partial charge in [-0.05, 0) is 47.7 Å². The predicted octanol–water partition coefficient (Wildman–Crippen LogP) is 2.53. The molecule has 0 heterocycles. The van der Waals surface area contributed by atoms with Crippen LogP contribution in [0.2, 0.25) is 0 Å². The highest BCUT2D eigenvalue weighted by Gasteiger charge is 2.08. The summed E-state index contributed by atoms with van der Waals surface area (Å²) in [5.41, 5.74) is 0. The van der Waals surface area contributed by atoms with Crippen molar-refractivity contribution < 1.29 is 14.6 Å². The summed E-state index contributed by atoms with van der Waals surface area (Å²) in [6.45, 7) is 1.74. The lowest BCUT2D eigenvalue weighted by Gasteiger charge is -2.12. The van der Waals surface area contributed by atoms with Crippen LogP contribution in [0.1, 0.15) is 13.3 Å². The average molecular weight is 306 g/mol. The molecule has 76 valence electrons. The Bertz CT molecular complexity index is 325. The molecule has 3 nitrogen and oxygen atoms in total. The molecule has 0 aliphatic rings. The molecule has 1 rings (SSSR count). The summed E-state index contributed by atoms with van der Waals surface area (Å²) >= 11 is 2.18. The van der Waals surface area contributed by atoms with Crippen LogP contribution in [0.5, 0.6) is 5.75 Å². The first kappa shape index (κ1) is 11.3. The first-order chi connectivity index (χ1) is 6.58. The second-order valence-electron chi connectivity index (χ2n) is 2.98. The van der Waals surface area contributed by atoms with E-state index >= 15 is 0 Å². The molecule has 0 bridgehead atoms. The molecule has 1 aromatic rings. The van der Waals surface area contributed by atoms with Gasteiger partial charge in [0.05, 0.1) is 6.42 Å². The fourth-order valence-electron chi connectivity index (χ4n) is 1.06. The topological polar surface area (TPSA) is 46.5 Å². The number of hydrogen-bond acceptors (Lipinski definition) is 2. The van der Waals surface area contributed by atoms with Crippen molar-refractivity contribution in [1.29, 1.82) is 0 Å². The number of hydrogen-bond donors (Lipinski definition) is 1. The molecule has 0 aliphatic heterocycles. The van der Waals surface area contributed by atoms with Crippen LogP contribution >= 0.6 is 22.6 Å². The van der Waals surface area contributed by atoms with Gasteiger partial charge in [0.2, 0.25) is 0 Å². The fourth-order valence-corrected chi connectivity index (χ4v) is 1.57. The van der Waals surface area contributed by atoms with Gasteiger partial charge in [-0.3, -0.25) is 4.79 Å². The minimum atomic E-state index is -0.844. The highest BCUT2D eigenvalue weighted by atomic mass is 127. The van der Waals surface area contributed by atoms with Gasteiger partial charge in [-0.1, -0.05) is 6.07 Å². The summed E-state index contributed by atoms with van der Waals surface area (Å²) < 4.78 is 6.49. The molecule has 1 atom stereocenters. The lowest BCUT2D eigenvalue weighted by molar-refractivity contribution is -0.138. The van der Waals surface area contributed by atoms with Crippen molar-refractivity contribution in [1.82, 2.24) is 0 Å². The fraction of sp³-hybridized carbons (Fsp3) is 0.300. The first-order valence-electron chi connectivity index (χ1n) is 4.22. The molecule has 0 spiro atoms. The molecule has 4 heteroatoms. The van der Waals surface area contributed by atoms with Gasteiger partial charge in [-0.25, -0.2) is 0 Å². The minimum absolute atomic E-state index is 0.0193. The lowest BCUT2D eigenvalue weighted by atomic mass is 10.3. The standard InChI is InChI=1S/C10H11IO3/c1-7(5-10(12)13)14-9-4-2-3-8(11)6-9/h2-4,6-7H,5H2,1H3,(H,12,13)/t7-/m0/s1. The van der Waals surface area contributed by atoms with E-state index in [1.165, 1.54) is 0 Å². The summed E-state index contributed by atoms with van der Waals surface area (Å²) in [5.74, 6) is -0.131. The zero-order valence-electron chi connectivity index (χ0n) is 7.74. The van der Waals surface area contributed by atoms with E-state index in [0.29, 0.717) is 5.75 Å². The Hall–Kier alpha value is -0.780. The smallest absolute Gasteiger partial charge is 0.307 e. The number of ether oxygens (including phenoxy) is 1. The number of halogens is 1. The molecule has 0 saturated carbocycles. The second-order valence-corrected chi connectivity index (χ2v) is 4.23. The number of carboxylic acids is 1. The molecule has 0 aromatic heterocycles. The Morgan fingerprint density at radius 1 is 1.64 bits per heavy atom. The van der Waals surface area contributed by atoms with E-state index in [0.717, 1.165) is 3.57 Å². The van der Waals surface area contributed by atoms with E-state index in [1.54, 1.807) is 6.92 Å². The molecular weight excluding hydrogens is 295 g/mol. The molecule has 0 amide bonds. The molecule has 0 fully saturated rings. The molecular formula is C10H11IO3. The van der Waals surface area contributed by atoms with Gasteiger partial charge in [-0.2, -0.15) is 0 Å². The Kier molecular flexibility index (Phi) is 4.19. The predicted molar refractivity (Wildman–Crippen MR) is 61.5 cm³/mol. The maximum Gasteiger partial charge on any atom is 0.307 e. The molecule has 0 unspecified atom stereocenters. The quantitative estimate of drug-likeness (QED) is 0.870. The number of carbonyl (C=O) groups is 1. The molecule has 1 aromatic carbocycles. The van der Waals surface area contributed by atoms with E-state index in [1.807, 2.05) is 24.3 Å². The van der Waals surface area contributed by atoms with E-state index in [4.69, 9.17) is 9.84 Å². The Morgan fingerprint density at radius 2 is 2.36 bits per heavy atom. The summed E-state index contributed by atoms with van der Waals surface area (Å²) in [6, 6.07) is 7.53. The molecule has 14 heavy (non-hydrogen) atoms. The first-order valence-corrected chi connectivity index (χ1v) is 5.30. The largest absolute Gasteiger partial charge is 0.490 e. The van der Waals surface area contributed by atoms with Gasteiger partial charge in [-0.15, -0.1) is 0 Å². The third-order valence-corrected chi connectivity index (χ3v) is 2.27. The monoisotopic (exact) mass is 306 g/mol. The van der Waals surface area contributed by atoms with Crippen molar-refractivity contribution in [3.63, 3.8) is 0 Å². The molecule has 0 saturated heterocycles. The van der Waals surface area contributed by atoms with Crippen molar-refractivity contribution >= 4 is 28.6 Å². The van der Waals surface area contributed by atoms with Crippen LogP contribution in [0, 0.1) is 3.57 Å². The zero-order chi connectivity index (χ0) is 10.6. The maximum atomic E-state index is 10.4. The second kappa shape index (κ2) is 5.19. The number of aliphatic carboxylic acids is 1. The summed E-state index contributed by atoms with van der Waals surface area (Å²) in [6.07, 6.45) is -0.281. The van der Waals surface area contributed by atoms with E-state index in [2.05, 4.69) is 22.6 Å². The van der Waals surface area contributed by atoms with Gasteiger partial charge in [0.15, 0.2) is 0 Å². The maximum absolute atomic E-state index is 10.4. The van der Waals surface area contributed by atoms with E-state index in [-0.39, 0.29) is 12.5 Å². The number of carboxylic acid groups (broad SMARTS) is 1. The van der Waals surface area contributed by atoms with Crippen LogP contribution in [0.3, 0.4) is 0 Å². The van der Waals surface area contributed by atoms with Crippen LogP contribution in [0.4, 0.5) is 0 Å². The SMILES string of the molecule is C[C@@H](CC(=O)O)Oc1cccc(I)c1. The number of rotatable bonds is 4. The normalized spacial score (nSPS) is 12.1. The van der Waals surface area contributed by atoms with Crippen molar-refractivity contribution in [2.24, 2.45) is 0 Å². The van der Waals surface area contributed by atoms with Crippen molar-refractivity contribution in [2.75, 3.05) is 0 Å². The van der Waals surface area contributed by atoms with Gasteiger partial charge >= 0.3 is 5.97 Å². The Morgan fingerprint density at radius 3 is 2.93 bits per heavy atom. The van der Waals surface area contributed by atoms with Gasteiger partial charge < -0.3 is 9.84 Å². The highest BCUT2D eigenvalue weighted by molar-refractivity contribution is 14.1. The summed E-state index contributed by atoms with van der Waals surface area (Å²) in [4.78, 5) is 10.4. The van der Waals surface area contributed by atoms with Crippen molar-refractivity contribution in [3.05, 3.63) is 27.8 Å². The minimum Gasteiger partial charge on any atom is -0.490 e. The van der Waals surface area contributed by atoms with Gasteiger partial charge in [0.1, 0.15) is 11.9 Å². The van der Waals surface area contributed by atoms with E-state index in [9.17, 15) is 4.79 Å². The Labute approximate surface area is 96.2 Å². The van der Waals surface area contributed by atoms with Gasteiger partial charge in [0.25, 0.3) is 0 Å². The summed E-state index contributed by atoms with van der Waals surface area (Å²) in [7, 11) is 0. The molecule has 0 radical (unpaired) electrons. The van der Waals surface area contributed by atoms with Crippen molar-refractivity contribution in [2.45, 2.75) is 19.4 Å². The van der Waals surface area contributed by atoms with Crippen LogP contribution in [0.15, 0.2) is 24.3 Å². The highest BCUT2D eigenvalue weighted by Crippen LogP contribution is 2.16.